The summed E-state index contributed by atoms with van der Waals surface area (Å²) in [5, 5.41) is 0. The zero-order chi connectivity index (χ0) is 21.0. The quantitative estimate of drug-likeness (QED) is 0.319. The topological polar surface area (TPSA) is 9.23 Å². The maximum absolute atomic E-state index is 5.88. The van der Waals surface area contributed by atoms with Gasteiger partial charge in [-0.05, 0) is 72.8 Å². The maximum Gasteiger partial charge on any atom is 0.119 e. The number of ether oxygens (including phenoxy) is 1. The van der Waals surface area contributed by atoms with Crippen molar-refractivity contribution in [1.29, 1.82) is 0 Å². The minimum atomic E-state index is 0.768. The van der Waals surface area contributed by atoms with Crippen molar-refractivity contribution < 1.29 is 4.74 Å². The fourth-order valence-corrected chi connectivity index (χ4v) is 4.88. The molecule has 1 saturated carbocycles. The van der Waals surface area contributed by atoms with Crippen molar-refractivity contribution in [3.05, 3.63) is 54.1 Å². The molecule has 0 aliphatic heterocycles. The van der Waals surface area contributed by atoms with Crippen LogP contribution in [-0.2, 0) is 0 Å². The summed E-state index contributed by atoms with van der Waals surface area (Å²) in [6.07, 6.45) is 16.2. The van der Waals surface area contributed by atoms with Gasteiger partial charge in [-0.1, -0.05) is 95.2 Å². The monoisotopic (exact) mass is 406 g/mol. The molecule has 1 heteroatoms. The Morgan fingerprint density at radius 1 is 0.667 bits per heavy atom. The zero-order valence-electron chi connectivity index (χ0n) is 19.4. The summed E-state index contributed by atoms with van der Waals surface area (Å²) < 4.78 is 5.88. The van der Waals surface area contributed by atoms with Gasteiger partial charge in [0.2, 0.25) is 0 Å². The molecular weight excluding hydrogens is 364 g/mol. The second kappa shape index (κ2) is 12.8. The first-order valence-corrected chi connectivity index (χ1v) is 12.6. The van der Waals surface area contributed by atoms with Gasteiger partial charge in [0, 0.05) is 0 Å². The Morgan fingerprint density at radius 3 is 1.90 bits per heavy atom. The lowest BCUT2D eigenvalue weighted by atomic mass is 9.77. The SMILES string of the molecule is CCCCCCOc1ccc(-c2ccc(C3CCC(CCCCC)CC3)cc2)cc1. The molecular formula is C29H42O. The highest BCUT2D eigenvalue weighted by molar-refractivity contribution is 5.64. The Bertz CT molecular complexity index is 692. The zero-order valence-corrected chi connectivity index (χ0v) is 19.4. The molecule has 0 atom stereocenters. The van der Waals surface area contributed by atoms with Crippen molar-refractivity contribution in [2.24, 2.45) is 5.92 Å². The molecule has 0 N–H and O–H groups in total. The largest absolute Gasteiger partial charge is 0.494 e. The summed E-state index contributed by atoms with van der Waals surface area (Å²) in [7, 11) is 0. The molecule has 1 aliphatic rings. The second-order valence-electron chi connectivity index (χ2n) is 9.27. The molecule has 0 amide bonds. The Balaban J connectivity index is 1.46. The Morgan fingerprint density at radius 2 is 1.27 bits per heavy atom. The van der Waals surface area contributed by atoms with Crippen molar-refractivity contribution in [3.63, 3.8) is 0 Å². The standard InChI is InChI=1S/C29H42O/c1-3-5-7-9-23-30-29-21-19-28(20-22-29)27-17-15-26(16-18-27)25-13-11-24(12-14-25)10-8-6-4-2/h15-22,24-25H,3-14,23H2,1-2H3. The van der Waals surface area contributed by atoms with Crippen molar-refractivity contribution in [2.75, 3.05) is 6.61 Å². The summed E-state index contributed by atoms with van der Waals surface area (Å²) >= 11 is 0. The van der Waals surface area contributed by atoms with E-state index in [1.807, 2.05) is 0 Å². The summed E-state index contributed by atoms with van der Waals surface area (Å²) in [6.45, 7) is 5.37. The number of benzene rings is 2. The van der Waals surface area contributed by atoms with E-state index in [1.54, 1.807) is 0 Å². The first-order valence-electron chi connectivity index (χ1n) is 12.6. The van der Waals surface area contributed by atoms with E-state index in [0.29, 0.717) is 0 Å². The van der Waals surface area contributed by atoms with Gasteiger partial charge in [-0.15, -0.1) is 0 Å². The molecule has 2 aromatic carbocycles. The molecule has 0 radical (unpaired) electrons. The van der Waals surface area contributed by atoms with Gasteiger partial charge in [0.15, 0.2) is 0 Å². The summed E-state index contributed by atoms with van der Waals surface area (Å²) in [5.41, 5.74) is 4.12. The van der Waals surface area contributed by atoms with Crippen LogP contribution in [0.15, 0.2) is 48.5 Å². The van der Waals surface area contributed by atoms with Crippen LogP contribution in [0.25, 0.3) is 11.1 Å². The van der Waals surface area contributed by atoms with Gasteiger partial charge in [-0.2, -0.15) is 0 Å². The number of rotatable bonds is 12. The van der Waals surface area contributed by atoms with Crippen LogP contribution in [0.3, 0.4) is 0 Å². The molecule has 1 fully saturated rings. The fourth-order valence-electron chi connectivity index (χ4n) is 4.88. The lowest BCUT2D eigenvalue weighted by molar-refractivity contribution is 0.303. The molecule has 3 rings (SSSR count). The van der Waals surface area contributed by atoms with Gasteiger partial charge in [0.05, 0.1) is 6.61 Å². The summed E-state index contributed by atoms with van der Waals surface area (Å²) in [6, 6.07) is 18.0. The van der Waals surface area contributed by atoms with E-state index in [2.05, 4.69) is 62.4 Å². The third-order valence-electron chi connectivity index (χ3n) is 6.90. The van der Waals surface area contributed by atoms with Gasteiger partial charge in [-0.3, -0.25) is 0 Å². The van der Waals surface area contributed by atoms with E-state index in [9.17, 15) is 0 Å². The number of unbranched alkanes of at least 4 members (excludes halogenated alkanes) is 5. The Kier molecular flexibility index (Phi) is 9.80. The maximum atomic E-state index is 5.88. The van der Waals surface area contributed by atoms with Crippen LogP contribution in [0, 0.1) is 5.92 Å². The minimum absolute atomic E-state index is 0.768. The van der Waals surface area contributed by atoms with Crippen molar-refractivity contribution in [1.82, 2.24) is 0 Å². The predicted octanol–water partition coefficient (Wildman–Crippen LogP) is 9.17. The number of hydrogen-bond acceptors (Lipinski definition) is 1. The van der Waals surface area contributed by atoms with Gasteiger partial charge in [0.1, 0.15) is 5.75 Å². The highest BCUT2D eigenvalue weighted by Crippen LogP contribution is 2.38. The predicted molar refractivity (Wildman–Crippen MR) is 130 cm³/mol. The average molecular weight is 407 g/mol. The van der Waals surface area contributed by atoms with Gasteiger partial charge >= 0.3 is 0 Å². The molecule has 30 heavy (non-hydrogen) atoms. The third-order valence-corrected chi connectivity index (χ3v) is 6.90. The van der Waals surface area contributed by atoms with Gasteiger partial charge in [-0.25, -0.2) is 0 Å². The fraction of sp³-hybridized carbons (Fsp3) is 0.586. The molecule has 1 nitrogen and oxygen atoms in total. The molecule has 0 aromatic heterocycles. The minimum Gasteiger partial charge on any atom is -0.494 e. The van der Waals surface area contributed by atoms with Gasteiger partial charge in [0.25, 0.3) is 0 Å². The van der Waals surface area contributed by atoms with E-state index < -0.39 is 0 Å². The van der Waals surface area contributed by atoms with E-state index in [1.165, 1.54) is 87.3 Å². The molecule has 0 heterocycles. The van der Waals surface area contributed by atoms with Crippen LogP contribution in [0.5, 0.6) is 5.75 Å². The van der Waals surface area contributed by atoms with Crippen molar-refractivity contribution in [2.45, 2.75) is 96.8 Å². The van der Waals surface area contributed by atoms with Crippen molar-refractivity contribution in [3.8, 4) is 16.9 Å². The van der Waals surface area contributed by atoms with Crippen LogP contribution in [0.2, 0.25) is 0 Å². The van der Waals surface area contributed by atoms with Crippen LogP contribution >= 0.6 is 0 Å². The normalized spacial score (nSPS) is 19.0. The lowest BCUT2D eigenvalue weighted by Crippen LogP contribution is -2.13. The van der Waals surface area contributed by atoms with E-state index in [4.69, 9.17) is 4.74 Å². The molecule has 0 bridgehead atoms. The highest BCUT2D eigenvalue weighted by Gasteiger charge is 2.22. The lowest BCUT2D eigenvalue weighted by Gasteiger charge is -2.29. The number of hydrogen-bond donors (Lipinski definition) is 0. The summed E-state index contributed by atoms with van der Waals surface area (Å²) in [4.78, 5) is 0. The van der Waals surface area contributed by atoms with Crippen LogP contribution in [-0.4, -0.2) is 6.61 Å². The van der Waals surface area contributed by atoms with E-state index in [-0.39, 0.29) is 0 Å². The molecule has 164 valence electrons. The smallest absolute Gasteiger partial charge is 0.119 e. The van der Waals surface area contributed by atoms with Crippen LogP contribution in [0.4, 0.5) is 0 Å². The Labute approximate surface area is 185 Å². The molecule has 0 unspecified atom stereocenters. The second-order valence-corrected chi connectivity index (χ2v) is 9.27. The van der Waals surface area contributed by atoms with Crippen LogP contribution < -0.4 is 4.74 Å². The van der Waals surface area contributed by atoms with Crippen LogP contribution in [0.1, 0.15) is 102 Å². The molecule has 0 spiro atoms. The molecule has 1 aliphatic carbocycles. The molecule has 0 saturated heterocycles. The van der Waals surface area contributed by atoms with E-state index >= 15 is 0 Å². The first-order chi connectivity index (χ1) is 14.8. The Hall–Kier alpha value is -1.76. The molecule has 2 aromatic rings. The summed E-state index contributed by atoms with van der Waals surface area (Å²) in [5.74, 6) is 2.74. The first kappa shape index (κ1) is 22.9. The van der Waals surface area contributed by atoms with E-state index in [0.717, 1.165) is 30.6 Å². The third kappa shape index (κ3) is 7.18. The van der Waals surface area contributed by atoms with Gasteiger partial charge < -0.3 is 4.74 Å². The average Bonchev–Trinajstić information content (AvgIpc) is 2.80. The highest BCUT2D eigenvalue weighted by atomic mass is 16.5. The van der Waals surface area contributed by atoms with Crippen molar-refractivity contribution >= 4 is 0 Å².